The van der Waals surface area contributed by atoms with Crippen LogP contribution in [-0.4, -0.2) is 31.7 Å². The van der Waals surface area contributed by atoms with Gasteiger partial charge in [0.05, 0.1) is 11.7 Å². The van der Waals surface area contributed by atoms with Crippen LogP contribution < -0.4 is 5.32 Å². The van der Waals surface area contributed by atoms with Gasteiger partial charge in [-0.15, -0.1) is 0 Å². The molecule has 1 amide bonds. The molecule has 2 aromatic rings. The molecule has 1 aliphatic heterocycles. The molecule has 1 unspecified atom stereocenters. The standard InChI is InChI=1S/C21H25ClN2O3S/c1-15-5-10-20(12-16(15)2)23-21(25)18-4-3-11-24(13-18)28(26,27)14-17-6-8-19(22)9-7-17/h5-10,12,18H,3-4,11,13-14H2,1-2H3,(H,23,25). The number of anilines is 1. The summed E-state index contributed by atoms with van der Waals surface area (Å²) in [6, 6.07) is 12.6. The maximum absolute atomic E-state index is 12.8. The maximum atomic E-state index is 12.8. The van der Waals surface area contributed by atoms with Crippen molar-refractivity contribution in [3.8, 4) is 0 Å². The van der Waals surface area contributed by atoms with Crippen LogP contribution >= 0.6 is 11.6 Å². The molecule has 0 aromatic heterocycles. The van der Waals surface area contributed by atoms with Crippen LogP contribution in [0.1, 0.15) is 29.5 Å². The van der Waals surface area contributed by atoms with E-state index in [0.717, 1.165) is 16.8 Å². The van der Waals surface area contributed by atoms with Gasteiger partial charge in [0.2, 0.25) is 15.9 Å². The van der Waals surface area contributed by atoms with Crippen LogP contribution in [0.15, 0.2) is 42.5 Å². The summed E-state index contributed by atoms with van der Waals surface area (Å²) in [5, 5.41) is 3.50. The van der Waals surface area contributed by atoms with E-state index in [0.29, 0.717) is 30.0 Å². The van der Waals surface area contributed by atoms with Crippen molar-refractivity contribution in [1.29, 1.82) is 0 Å². The third kappa shape index (κ3) is 5.13. The van der Waals surface area contributed by atoms with Crippen LogP contribution in [0.5, 0.6) is 0 Å². The fourth-order valence-electron chi connectivity index (χ4n) is 3.36. The molecule has 1 heterocycles. The second kappa shape index (κ2) is 8.64. The molecule has 1 saturated heterocycles. The Morgan fingerprint density at radius 2 is 1.86 bits per heavy atom. The zero-order chi connectivity index (χ0) is 20.3. The predicted molar refractivity (Wildman–Crippen MR) is 113 cm³/mol. The first kappa shape index (κ1) is 20.8. The summed E-state index contributed by atoms with van der Waals surface area (Å²) in [5.41, 5.74) is 3.70. The molecule has 0 bridgehead atoms. The highest BCUT2D eigenvalue weighted by Crippen LogP contribution is 2.24. The fourth-order valence-corrected chi connectivity index (χ4v) is 5.09. The van der Waals surface area contributed by atoms with Crippen molar-refractivity contribution in [2.24, 2.45) is 5.92 Å². The van der Waals surface area contributed by atoms with E-state index in [1.165, 1.54) is 4.31 Å². The highest BCUT2D eigenvalue weighted by molar-refractivity contribution is 7.88. The van der Waals surface area contributed by atoms with Gasteiger partial charge in [-0.25, -0.2) is 12.7 Å². The molecule has 2 aromatic carbocycles. The number of amides is 1. The number of halogens is 1. The number of sulfonamides is 1. The number of rotatable bonds is 5. The van der Waals surface area contributed by atoms with Gasteiger partial charge in [-0.3, -0.25) is 4.79 Å². The number of piperidine rings is 1. The van der Waals surface area contributed by atoms with Crippen molar-refractivity contribution in [2.75, 3.05) is 18.4 Å². The Kier molecular flexibility index (Phi) is 6.43. The van der Waals surface area contributed by atoms with Gasteiger partial charge in [-0.1, -0.05) is 29.8 Å². The number of hydrogen-bond acceptors (Lipinski definition) is 3. The first-order chi connectivity index (χ1) is 13.2. The van der Waals surface area contributed by atoms with Crippen LogP contribution in [0.3, 0.4) is 0 Å². The van der Waals surface area contributed by atoms with Crippen molar-refractivity contribution >= 4 is 33.2 Å². The molecule has 0 saturated carbocycles. The third-order valence-electron chi connectivity index (χ3n) is 5.19. The molecular weight excluding hydrogens is 396 g/mol. The first-order valence-corrected chi connectivity index (χ1v) is 11.3. The van der Waals surface area contributed by atoms with Gasteiger partial charge in [0.25, 0.3) is 0 Å². The number of aryl methyl sites for hydroxylation is 2. The molecule has 3 rings (SSSR count). The molecule has 1 atom stereocenters. The Balaban J connectivity index is 1.66. The van der Waals surface area contributed by atoms with E-state index >= 15 is 0 Å². The Morgan fingerprint density at radius 1 is 1.14 bits per heavy atom. The fraction of sp³-hybridized carbons (Fsp3) is 0.381. The number of benzene rings is 2. The van der Waals surface area contributed by atoms with Crippen LogP contribution in [0.2, 0.25) is 5.02 Å². The number of hydrogen-bond donors (Lipinski definition) is 1. The summed E-state index contributed by atoms with van der Waals surface area (Å²) < 4.78 is 27.1. The number of carbonyl (C=O) groups is 1. The predicted octanol–water partition coefficient (Wildman–Crippen LogP) is 4.14. The van der Waals surface area contributed by atoms with Crippen LogP contribution in [-0.2, 0) is 20.6 Å². The van der Waals surface area contributed by atoms with Crippen LogP contribution in [0, 0.1) is 19.8 Å². The third-order valence-corrected chi connectivity index (χ3v) is 7.25. The smallest absolute Gasteiger partial charge is 0.228 e. The summed E-state index contributed by atoms with van der Waals surface area (Å²) in [5.74, 6) is -0.569. The van der Waals surface area contributed by atoms with Crippen molar-refractivity contribution in [2.45, 2.75) is 32.4 Å². The van der Waals surface area contributed by atoms with E-state index in [9.17, 15) is 13.2 Å². The van der Waals surface area contributed by atoms with Crippen molar-refractivity contribution in [3.05, 3.63) is 64.2 Å². The molecule has 0 spiro atoms. The SMILES string of the molecule is Cc1ccc(NC(=O)C2CCCN(S(=O)(=O)Cc3ccc(Cl)cc3)C2)cc1C. The summed E-state index contributed by atoms with van der Waals surface area (Å²) >= 11 is 5.87. The zero-order valence-corrected chi connectivity index (χ0v) is 17.7. The quantitative estimate of drug-likeness (QED) is 0.790. The normalized spacial score (nSPS) is 18.0. The average Bonchev–Trinajstić information content (AvgIpc) is 2.66. The molecule has 150 valence electrons. The van der Waals surface area contributed by atoms with Crippen molar-refractivity contribution in [1.82, 2.24) is 4.31 Å². The Morgan fingerprint density at radius 3 is 2.54 bits per heavy atom. The Labute approximate surface area is 171 Å². The van der Waals surface area contributed by atoms with Gasteiger partial charge < -0.3 is 5.32 Å². The summed E-state index contributed by atoms with van der Waals surface area (Å²) in [7, 11) is -3.49. The van der Waals surface area contributed by atoms with Crippen LogP contribution in [0.4, 0.5) is 5.69 Å². The van der Waals surface area contributed by atoms with Crippen molar-refractivity contribution < 1.29 is 13.2 Å². The Bertz CT molecular complexity index is 958. The topological polar surface area (TPSA) is 66.5 Å². The van der Waals surface area contributed by atoms with Gasteiger partial charge in [-0.05, 0) is 67.6 Å². The van der Waals surface area contributed by atoms with Gasteiger partial charge in [0.1, 0.15) is 0 Å². The number of nitrogens with zero attached hydrogens (tertiary/aromatic N) is 1. The van der Waals surface area contributed by atoms with Crippen molar-refractivity contribution in [3.63, 3.8) is 0 Å². The van der Waals surface area contributed by atoms with E-state index < -0.39 is 10.0 Å². The molecule has 7 heteroatoms. The minimum absolute atomic E-state index is 0.0876. The zero-order valence-electron chi connectivity index (χ0n) is 16.1. The monoisotopic (exact) mass is 420 g/mol. The summed E-state index contributed by atoms with van der Waals surface area (Å²) in [6.45, 7) is 4.68. The maximum Gasteiger partial charge on any atom is 0.228 e. The van der Waals surface area contributed by atoms with Gasteiger partial charge in [-0.2, -0.15) is 0 Å². The summed E-state index contributed by atoms with van der Waals surface area (Å²) in [4.78, 5) is 12.7. The minimum atomic E-state index is -3.49. The lowest BCUT2D eigenvalue weighted by atomic mass is 9.98. The van der Waals surface area contributed by atoms with E-state index in [-0.39, 0.29) is 24.1 Å². The minimum Gasteiger partial charge on any atom is -0.326 e. The largest absolute Gasteiger partial charge is 0.326 e. The van der Waals surface area contributed by atoms with E-state index in [1.807, 2.05) is 32.0 Å². The first-order valence-electron chi connectivity index (χ1n) is 9.35. The highest BCUT2D eigenvalue weighted by Gasteiger charge is 2.32. The molecule has 1 fully saturated rings. The van der Waals surface area contributed by atoms with E-state index in [1.54, 1.807) is 24.3 Å². The number of carbonyl (C=O) groups excluding carboxylic acids is 1. The lowest BCUT2D eigenvalue weighted by molar-refractivity contribution is -0.120. The second-order valence-electron chi connectivity index (χ2n) is 7.37. The average molecular weight is 421 g/mol. The molecule has 5 nitrogen and oxygen atoms in total. The van der Waals surface area contributed by atoms with E-state index in [2.05, 4.69) is 5.32 Å². The lowest BCUT2D eigenvalue weighted by Gasteiger charge is -2.31. The lowest BCUT2D eigenvalue weighted by Crippen LogP contribution is -2.44. The van der Waals surface area contributed by atoms with Gasteiger partial charge >= 0.3 is 0 Å². The Hall–Kier alpha value is -1.89. The number of nitrogens with one attached hydrogen (secondary N) is 1. The molecule has 1 N–H and O–H groups in total. The molecule has 1 aliphatic rings. The van der Waals surface area contributed by atoms with E-state index in [4.69, 9.17) is 11.6 Å². The molecule has 28 heavy (non-hydrogen) atoms. The van der Waals surface area contributed by atoms with Gasteiger partial charge in [0.15, 0.2) is 0 Å². The molecule has 0 radical (unpaired) electrons. The van der Waals surface area contributed by atoms with Gasteiger partial charge in [0, 0.05) is 23.8 Å². The molecular formula is C21H25ClN2O3S. The molecule has 0 aliphatic carbocycles. The second-order valence-corrected chi connectivity index (χ2v) is 9.77. The summed E-state index contributed by atoms with van der Waals surface area (Å²) in [6.07, 6.45) is 1.36. The van der Waals surface area contributed by atoms with Crippen LogP contribution in [0.25, 0.3) is 0 Å². The highest BCUT2D eigenvalue weighted by atomic mass is 35.5.